The van der Waals surface area contributed by atoms with Gasteiger partial charge >= 0.3 is 5.97 Å². The first-order valence-corrected chi connectivity index (χ1v) is 23.6. The van der Waals surface area contributed by atoms with Gasteiger partial charge in [-0.3, -0.25) is 4.79 Å². The third kappa shape index (κ3) is 6.84. The molecular weight excluding hydrogens is 629 g/mol. The summed E-state index contributed by atoms with van der Waals surface area (Å²) in [7, 11) is 0. The molecule has 0 heterocycles. The molecule has 0 radical (unpaired) electrons. The topological polar surface area (TPSA) is 55.8 Å². The maximum Gasteiger partial charge on any atom is 0.305 e. The average Bonchev–Trinajstić information content (AvgIpc) is 3.10. The Hall–Kier alpha value is -0.610. The number of aliphatic hydroxyl groups excluding tert-OH is 1. The summed E-state index contributed by atoms with van der Waals surface area (Å²) in [6.07, 6.45) is 35.1. The third-order valence-electron chi connectivity index (χ3n) is 18.5. The van der Waals surface area contributed by atoms with Gasteiger partial charge in [-0.15, -0.1) is 0 Å². The molecule has 0 aromatic rings. The molecule has 1 unspecified atom stereocenters. The lowest BCUT2D eigenvalue weighted by Gasteiger charge is -2.85. The second kappa shape index (κ2) is 16.2. The van der Waals surface area contributed by atoms with E-state index in [1.54, 1.807) is 51.4 Å². The highest BCUT2D eigenvalue weighted by atomic mass is 16.6. The number of aliphatic hydroxyl groups is 1. The van der Waals surface area contributed by atoms with Crippen molar-refractivity contribution in [2.75, 3.05) is 19.8 Å². The molecule has 51 heavy (non-hydrogen) atoms. The summed E-state index contributed by atoms with van der Waals surface area (Å²) < 4.78 is 11.3. The number of fused-ring (bicyclic) bond motifs is 17. The molecule has 9 fully saturated rings. The van der Waals surface area contributed by atoms with Crippen LogP contribution in [-0.4, -0.2) is 37.0 Å². The van der Waals surface area contributed by atoms with Crippen LogP contribution in [0.5, 0.6) is 0 Å². The van der Waals surface area contributed by atoms with Crippen molar-refractivity contribution in [1.29, 1.82) is 0 Å². The predicted molar refractivity (Wildman–Crippen MR) is 204 cm³/mol. The Morgan fingerprint density at radius 3 is 1.73 bits per heavy atom. The maximum absolute atomic E-state index is 12.3. The van der Waals surface area contributed by atoms with Crippen molar-refractivity contribution in [2.24, 2.45) is 94.7 Å². The fourth-order valence-electron chi connectivity index (χ4n) is 15.8. The van der Waals surface area contributed by atoms with Gasteiger partial charge in [0.1, 0.15) is 12.7 Å². The van der Waals surface area contributed by atoms with Gasteiger partial charge in [-0.2, -0.15) is 0 Å². The zero-order valence-electron chi connectivity index (χ0n) is 32.5. The first-order chi connectivity index (χ1) is 25.2. The molecule has 0 aromatic carbocycles. The molecule has 0 aromatic heterocycles. The lowest BCUT2D eigenvalue weighted by atomic mass is 9.20. The lowest BCUT2D eigenvalue weighted by molar-refractivity contribution is -0.375. The third-order valence-corrected chi connectivity index (χ3v) is 18.5. The minimum Gasteiger partial charge on any atom is -0.463 e. The van der Waals surface area contributed by atoms with E-state index in [9.17, 15) is 9.90 Å². The molecule has 0 spiro atoms. The van der Waals surface area contributed by atoms with Crippen molar-refractivity contribution >= 4 is 5.97 Å². The molecule has 0 aliphatic heterocycles. The van der Waals surface area contributed by atoms with Crippen LogP contribution in [0.2, 0.25) is 0 Å². The molecule has 9 aliphatic rings. The SMILES string of the molecule is O=C(CCCCCCCCC[C@H]1C[C@@H]2[C@H]3[C@@H]4[C@H]5CC[C@H]5[C@@H]4[C@@H]3[C@@H]12)OCC(CO)OCCCCCCCCCC[C@H]1CC[C@H]2[C@@H](C1)[C@@H]1[C@H]3CC[C@H]3[C@H]21. The van der Waals surface area contributed by atoms with Crippen molar-refractivity contribution in [3.8, 4) is 0 Å². The number of esters is 1. The number of unbranched alkanes of at least 4 members (excludes halogenated alkanes) is 13. The lowest BCUT2D eigenvalue weighted by Crippen LogP contribution is -2.80. The van der Waals surface area contributed by atoms with Gasteiger partial charge in [-0.1, -0.05) is 103 Å². The molecule has 4 heteroatoms. The van der Waals surface area contributed by atoms with Crippen molar-refractivity contribution in [1.82, 2.24) is 0 Å². The van der Waals surface area contributed by atoms with E-state index in [0.717, 1.165) is 42.9 Å². The smallest absolute Gasteiger partial charge is 0.305 e. The van der Waals surface area contributed by atoms with Crippen LogP contribution < -0.4 is 0 Å². The summed E-state index contributed by atoms with van der Waals surface area (Å²) in [5.74, 6) is 18.7. The first-order valence-electron chi connectivity index (χ1n) is 23.6. The Kier molecular flexibility index (Phi) is 11.5. The highest BCUT2D eigenvalue weighted by Crippen LogP contribution is 2.84. The first kappa shape index (κ1) is 36.1. The van der Waals surface area contributed by atoms with Crippen LogP contribution in [0.25, 0.3) is 0 Å². The molecule has 288 valence electrons. The summed E-state index contributed by atoms with van der Waals surface area (Å²) in [5.41, 5.74) is 0. The van der Waals surface area contributed by atoms with Crippen LogP contribution in [0, 0.1) is 94.7 Å². The molecule has 4 nitrogen and oxygen atoms in total. The molecule has 0 amide bonds. The minimum atomic E-state index is -0.381. The predicted octanol–water partition coefficient (Wildman–Crippen LogP) is 11.0. The molecule has 9 aliphatic carbocycles. The average molecular weight is 705 g/mol. The Bertz CT molecular complexity index is 1140. The number of carbonyl (C=O) groups is 1. The molecule has 17 atom stereocenters. The standard InChI is InChI=1S/C47H76O4/c48-28-32(50-25-15-11-7-2-1-4-8-12-16-30-19-20-37-38(26-30)43-34-22-21-33(34)42(37)43)29-51-40(49)18-14-10-6-3-5-9-13-17-31-27-39-41(31)47-45-36-24-23-35(36)44(45)46(39)47/h30-39,41-48H,1-29H2/t30-,31-,32?,33+,34-,35-,36+,37-,38+,39-,41-,42+,43-,44+,45-,46-,47-/m0/s1. The van der Waals surface area contributed by atoms with Gasteiger partial charge in [0.25, 0.3) is 0 Å². The molecule has 9 saturated carbocycles. The number of hydrogen-bond donors (Lipinski definition) is 1. The highest BCUT2D eigenvalue weighted by Gasteiger charge is 2.79. The Labute approximate surface area is 312 Å². The van der Waals surface area contributed by atoms with Crippen molar-refractivity contribution in [2.45, 2.75) is 173 Å². The van der Waals surface area contributed by atoms with Crippen LogP contribution in [0.3, 0.4) is 0 Å². The monoisotopic (exact) mass is 705 g/mol. The number of ether oxygens (including phenoxy) is 2. The van der Waals surface area contributed by atoms with Gasteiger partial charge in [0, 0.05) is 13.0 Å². The fraction of sp³-hybridized carbons (Fsp3) is 0.979. The van der Waals surface area contributed by atoms with Crippen LogP contribution in [0.4, 0.5) is 0 Å². The van der Waals surface area contributed by atoms with Gasteiger partial charge < -0.3 is 14.6 Å². The summed E-state index contributed by atoms with van der Waals surface area (Å²) in [6.45, 7) is 0.758. The van der Waals surface area contributed by atoms with Gasteiger partial charge in [0.15, 0.2) is 0 Å². The van der Waals surface area contributed by atoms with Crippen LogP contribution in [-0.2, 0) is 14.3 Å². The van der Waals surface area contributed by atoms with Crippen molar-refractivity contribution < 1.29 is 19.4 Å². The van der Waals surface area contributed by atoms with E-state index in [0.29, 0.717) is 13.0 Å². The Morgan fingerprint density at radius 2 is 1.04 bits per heavy atom. The van der Waals surface area contributed by atoms with Crippen LogP contribution in [0.15, 0.2) is 0 Å². The maximum atomic E-state index is 12.3. The van der Waals surface area contributed by atoms with Crippen LogP contribution >= 0.6 is 0 Å². The second-order valence-electron chi connectivity index (χ2n) is 20.5. The van der Waals surface area contributed by atoms with Gasteiger partial charge in [0.05, 0.1) is 6.61 Å². The number of hydrogen-bond acceptors (Lipinski definition) is 4. The summed E-state index contributed by atoms with van der Waals surface area (Å²) in [5, 5.41) is 9.70. The van der Waals surface area contributed by atoms with E-state index < -0.39 is 0 Å². The second-order valence-corrected chi connectivity index (χ2v) is 20.5. The summed E-state index contributed by atoms with van der Waals surface area (Å²) >= 11 is 0. The Balaban J connectivity index is 0.507. The summed E-state index contributed by atoms with van der Waals surface area (Å²) in [4.78, 5) is 12.3. The van der Waals surface area contributed by atoms with E-state index in [4.69, 9.17) is 9.47 Å². The molecule has 0 bridgehead atoms. The normalized spacial score (nSPS) is 44.5. The van der Waals surface area contributed by atoms with E-state index >= 15 is 0 Å². The van der Waals surface area contributed by atoms with E-state index in [1.807, 2.05) is 0 Å². The molecule has 0 saturated heterocycles. The van der Waals surface area contributed by atoms with Crippen molar-refractivity contribution in [3.63, 3.8) is 0 Å². The quantitative estimate of drug-likeness (QED) is 0.0584. The van der Waals surface area contributed by atoms with Crippen LogP contribution in [0.1, 0.15) is 167 Å². The Morgan fingerprint density at radius 1 is 0.510 bits per heavy atom. The zero-order chi connectivity index (χ0) is 34.3. The van der Waals surface area contributed by atoms with Gasteiger partial charge in [-0.25, -0.2) is 0 Å². The van der Waals surface area contributed by atoms with Gasteiger partial charge in [-0.05, 0) is 152 Å². The minimum absolute atomic E-state index is 0.0809. The summed E-state index contributed by atoms with van der Waals surface area (Å²) in [6, 6.07) is 0. The molecule has 9 rings (SSSR count). The van der Waals surface area contributed by atoms with E-state index in [-0.39, 0.29) is 25.3 Å². The van der Waals surface area contributed by atoms with E-state index in [1.165, 1.54) is 161 Å². The zero-order valence-corrected chi connectivity index (χ0v) is 32.5. The number of carbonyl (C=O) groups excluding carboxylic acids is 1. The van der Waals surface area contributed by atoms with Crippen molar-refractivity contribution in [3.05, 3.63) is 0 Å². The highest BCUT2D eigenvalue weighted by molar-refractivity contribution is 5.69. The molecule has 1 N–H and O–H groups in total. The largest absolute Gasteiger partial charge is 0.463 e. The van der Waals surface area contributed by atoms with E-state index in [2.05, 4.69) is 0 Å². The van der Waals surface area contributed by atoms with Gasteiger partial charge in [0.2, 0.25) is 0 Å². The number of rotatable bonds is 25. The fourth-order valence-corrected chi connectivity index (χ4v) is 15.8. The molecular formula is C47H76O4.